The van der Waals surface area contributed by atoms with Crippen molar-refractivity contribution >= 4 is 0 Å². The van der Waals surface area contributed by atoms with E-state index in [-0.39, 0.29) is 0 Å². The molecule has 1 aliphatic carbocycles. The van der Waals surface area contributed by atoms with E-state index in [4.69, 9.17) is 0 Å². The fourth-order valence-corrected chi connectivity index (χ4v) is 2.44. The first kappa shape index (κ1) is 12.4. The van der Waals surface area contributed by atoms with Gasteiger partial charge in [0.1, 0.15) is 0 Å². The van der Waals surface area contributed by atoms with Gasteiger partial charge in [0.15, 0.2) is 0 Å². The highest BCUT2D eigenvalue weighted by Crippen LogP contribution is 2.16. The van der Waals surface area contributed by atoms with Gasteiger partial charge in [-0.05, 0) is 62.3 Å². The standard InChI is InChI=1S/C16H23N/c1-12-9-14(3)15(10-13(12)2)11-17-16-7-5-4-6-8-16/h4-5,9-10,16-17H,6-8,11H2,1-3H3. The summed E-state index contributed by atoms with van der Waals surface area (Å²) in [6.45, 7) is 7.60. The van der Waals surface area contributed by atoms with Crippen LogP contribution in [0.2, 0.25) is 0 Å². The van der Waals surface area contributed by atoms with E-state index in [2.05, 4.69) is 50.4 Å². The average molecular weight is 229 g/mol. The van der Waals surface area contributed by atoms with E-state index in [1.54, 1.807) is 0 Å². The van der Waals surface area contributed by atoms with Gasteiger partial charge in [-0.1, -0.05) is 24.3 Å². The molecule has 0 heterocycles. The Balaban J connectivity index is 1.98. The quantitative estimate of drug-likeness (QED) is 0.777. The normalized spacial score (nSPS) is 19.6. The minimum absolute atomic E-state index is 0.668. The number of benzene rings is 1. The summed E-state index contributed by atoms with van der Waals surface area (Å²) in [5.41, 5.74) is 5.65. The van der Waals surface area contributed by atoms with E-state index < -0.39 is 0 Å². The molecule has 1 aliphatic rings. The van der Waals surface area contributed by atoms with Crippen LogP contribution in [0.4, 0.5) is 0 Å². The second-order valence-electron chi connectivity index (χ2n) is 5.23. The Bertz CT molecular complexity index is 418. The molecule has 0 aromatic heterocycles. The summed E-state index contributed by atoms with van der Waals surface area (Å²) < 4.78 is 0. The van der Waals surface area contributed by atoms with Crippen molar-refractivity contribution in [3.05, 3.63) is 46.5 Å². The van der Waals surface area contributed by atoms with E-state index in [1.165, 1.54) is 41.5 Å². The van der Waals surface area contributed by atoms with E-state index in [1.807, 2.05) is 0 Å². The maximum absolute atomic E-state index is 3.67. The van der Waals surface area contributed by atoms with E-state index in [0.29, 0.717) is 6.04 Å². The maximum Gasteiger partial charge on any atom is 0.0210 e. The highest BCUT2D eigenvalue weighted by molar-refractivity contribution is 5.36. The minimum Gasteiger partial charge on any atom is -0.310 e. The van der Waals surface area contributed by atoms with Gasteiger partial charge in [-0.3, -0.25) is 0 Å². The van der Waals surface area contributed by atoms with Crippen LogP contribution in [0.5, 0.6) is 0 Å². The number of hydrogen-bond acceptors (Lipinski definition) is 1. The Hall–Kier alpha value is -1.08. The second kappa shape index (κ2) is 5.50. The Morgan fingerprint density at radius 1 is 1.06 bits per heavy atom. The largest absolute Gasteiger partial charge is 0.310 e. The molecule has 2 rings (SSSR count). The van der Waals surface area contributed by atoms with Crippen molar-refractivity contribution in [2.45, 2.75) is 52.6 Å². The van der Waals surface area contributed by atoms with Crippen LogP contribution >= 0.6 is 0 Å². The zero-order valence-corrected chi connectivity index (χ0v) is 11.2. The minimum atomic E-state index is 0.668. The van der Waals surface area contributed by atoms with Crippen LogP contribution in [0.1, 0.15) is 41.5 Å². The summed E-state index contributed by atoms with van der Waals surface area (Å²) in [5.74, 6) is 0. The topological polar surface area (TPSA) is 12.0 Å². The van der Waals surface area contributed by atoms with Gasteiger partial charge in [-0.2, -0.15) is 0 Å². The van der Waals surface area contributed by atoms with Crippen LogP contribution in [0.15, 0.2) is 24.3 Å². The average Bonchev–Trinajstić information content (AvgIpc) is 2.33. The second-order valence-corrected chi connectivity index (χ2v) is 5.23. The van der Waals surface area contributed by atoms with Crippen molar-refractivity contribution in [1.82, 2.24) is 5.32 Å². The third-order valence-corrected chi connectivity index (χ3v) is 3.80. The van der Waals surface area contributed by atoms with Gasteiger partial charge < -0.3 is 5.32 Å². The molecule has 17 heavy (non-hydrogen) atoms. The summed E-state index contributed by atoms with van der Waals surface area (Å²) in [7, 11) is 0. The summed E-state index contributed by atoms with van der Waals surface area (Å²) >= 11 is 0. The predicted octanol–water partition coefficient (Wildman–Crippen LogP) is 3.81. The lowest BCUT2D eigenvalue weighted by Gasteiger charge is -2.20. The molecule has 1 N–H and O–H groups in total. The van der Waals surface area contributed by atoms with Gasteiger partial charge in [-0.15, -0.1) is 0 Å². The third-order valence-electron chi connectivity index (χ3n) is 3.80. The number of nitrogens with one attached hydrogen (secondary N) is 1. The molecule has 1 heteroatoms. The number of hydrogen-bond donors (Lipinski definition) is 1. The molecule has 0 radical (unpaired) electrons. The van der Waals surface area contributed by atoms with Gasteiger partial charge >= 0.3 is 0 Å². The molecule has 0 fully saturated rings. The van der Waals surface area contributed by atoms with E-state index in [0.717, 1.165) is 6.54 Å². The molecule has 1 aromatic rings. The van der Waals surface area contributed by atoms with Gasteiger partial charge in [0.05, 0.1) is 0 Å². The van der Waals surface area contributed by atoms with Crippen LogP contribution in [-0.4, -0.2) is 6.04 Å². The molecule has 1 aromatic carbocycles. The van der Waals surface area contributed by atoms with Crippen molar-refractivity contribution in [2.75, 3.05) is 0 Å². The van der Waals surface area contributed by atoms with Gasteiger partial charge in [0.25, 0.3) is 0 Å². The number of aryl methyl sites for hydroxylation is 3. The van der Waals surface area contributed by atoms with Crippen LogP contribution in [0.25, 0.3) is 0 Å². The van der Waals surface area contributed by atoms with Gasteiger partial charge in [0.2, 0.25) is 0 Å². The summed E-state index contributed by atoms with van der Waals surface area (Å²) in [5, 5.41) is 3.67. The van der Waals surface area contributed by atoms with E-state index >= 15 is 0 Å². The molecule has 0 saturated carbocycles. The molecule has 0 bridgehead atoms. The SMILES string of the molecule is Cc1cc(C)c(CNC2CC=CCC2)cc1C. The monoisotopic (exact) mass is 229 g/mol. The zero-order chi connectivity index (χ0) is 12.3. The summed E-state index contributed by atoms with van der Waals surface area (Å²) in [4.78, 5) is 0. The van der Waals surface area contributed by atoms with Crippen LogP contribution in [-0.2, 0) is 6.54 Å². The van der Waals surface area contributed by atoms with Crippen molar-refractivity contribution < 1.29 is 0 Å². The summed E-state index contributed by atoms with van der Waals surface area (Å²) in [6.07, 6.45) is 8.28. The number of allylic oxidation sites excluding steroid dienone is 1. The molecule has 0 spiro atoms. The van der Waals surface area contributed by atoms with Crippen molar-refractivity contribution in [3.8, 4) is 0 Å². The fraction of sp³-hybridized carbons (Fsp3) is 0.500. The Morgan fingerprint density at radius 2 is 1.82 bits per heavy atom. The lowest BCUT2D eigenvalue weighted by atomic mass is 9.99. The Morgan fingerprint density at radius 3 is 2.53 bits per heavy atom. The van der Waals surface area contributed by atoms with E-state index in [9.17, 15) is 0 Å². The fourth-order valence-electron chi connectivity index (χ4n) is 2.44. The molecular weight excluding hydrogens is 206 g/mol. The number of rotatable bonds is 3. The zero-order valence-electron chi connectivity index (χ0n) is 11.2. The lowest BCUT2D eigenvalue weighted by Crippen LogP contribution is -2.29. The molecule has 0 aliphatic heterocycles. The molecule has 0 amide bonds. The first-order valence-electron chi connectivity index (χ1n) is 6.62. The smallest absolute Gasteiger partial charge is 0.0210 e. The van der Waals surface area contributed by atoms with Crippen LogP contribution in [0.3, 0.4) is 0 Å². The molecule has 92 valence electrons. The molecule has 1 atom stereocenters. The van der Waals surface area contributed by atoms with Crippen molar-refractivity contribution in [2.24, 2.45) is 0 Å². The third kappa shape index (κ3) is 3.19. The van der Waals surface area contributed by atoms with Crippen molar-refractivity contribution in [3.63, 3.8) is 0 Å². The molecule has 0 saturated heterocycles. The predicted molar refractivity (Wildman–Crippen MR) is 74.3 cm³/mol. The summed E-state index contributed by atoms with van der Waals surface area (Å²) in [6, 6.07) is 5.30. The molecule has 1 unspecified atom stereocenters. The Kier molecular flexibility index (Phi) is 4.01. The first-order chi connectivity index (χ1) is 8.16. The van der Waals surface area contributed by atoms with Gasteiger partial charge in [-0.25, -0.2) is 0 Å². The molecular formula is C16H23N. The molecule has 1 nitrogen and oxygen atoms in total. The van der Waals surface area contributed by atoms with Crippen molar-refractivity contribution in [1.29, 1.82) is 0 Å². The van der Waals surface area contributed by atoms with Gasteiger partial charge in [0, 0.05) is 12.6 Å². The first-order valence-corrected chi connectivity index (χ1v) is 6.62. The maximum atomic E-state index is 3.67. The highest BCUT2D eigenvalue weighted by Gasteiger charge is 2.09. The van der Waals surface area contributed by atoms with Crippen LogP contribution in [0, 0.1) is 20.8 Å². The lowest BCUT2D eigenvalue weighted by molar-refractivity contribution is 0.474. The van der Waals surface area contributed by atoms with Crippen LogP contribution < -0.4 is 5.32 Å². The Labute approximate surface area is 105 Å². The highest BCUT2D eigenvalue weighted by atomic mass is 14.9.